The Morgan fingerprint density at radius 2 is 1.76 bits per heavy atom. The molecular formula is C23H27NO5. The summed E-state index contributed by atoms with van der Waals surface area (Å²) in [6, 6.07) is 12.2. The molecule has 1 N–H and O–H groups in total. The lowest BCUT2D eigenvalue weighted by molar-refractivity contribution is -0.152. The van der Waals surface area contributed by atoms with Crippen molar-refractivity contribution in [2.45, 2.75) is 45.1 Å². The number of ether oxygens (including phenoxy) is 3. The predicted octanol–water partition coefficient (Wildman–Crippen LogP) is 4.51. The highest BCUT2D eigenvalue weighted by atomic mass is 16.6. The van der Waals surface area contributed by atoms with Crippen LogP contribution in [0.2, 0.25) is 0 Å². The second-order valence-corrected chi connectivity index (χ2v) is 7.22. The number of carbonyl (C=O) groups is 2. The first-order chi connectivity index (χ1) is 14.0. The highest BCUT2D eigenvalue weighted by Crippen LogP contribution is 2.26. The zero-order chi connectivity index (χ0) is 20.6. The monoisotopic (exact) mass is 397 g/mol. The summed E-state index contributed by atoms with van der Waals surface area (Å²) < 4.78 is 16.2. The van der Waals surface area contributed by atoms with Crippen LogP contribution in [0.1, 0.15) is 48.0 Å². The van der Waals surface area contributed by atoms with Gasteiger partial charge in [-0.25, -0.2) is 4.79 Å². The maximum absolute atomic E-state index is 12.5. The molecule has 0 aliphatic heterocycles. The Morgan fingerprint density at radius 1 is 1.03 bits per heavy atom. The van der Waals surface area contributed by atoms with E-state index >= 15 is 0 Å². The topological polar surface area (TPSA) is 73.9 Å². The summed E-state index contributed by atoms with van der Waals surface area (Å²) in [6.45, 7) is 1.81. The predicted molar refractivity (Wildman–Crippen MR) is 111 cm³/mol. The molecule has 1 fully saturated rings. The average Bonchev–Trinajstić information content (AvgIpc) is 2.73. The summed E-state index contributed by atoms with van der Waals surface area (Å²) >= 11 is 0. The Labute approximate surface area is 171 Å². The van der Waals surface area contributed by atoms with E-state index in [4.69, 9.17) is 14.2 Å². The van der Waals surface area contributed by atoms with Gasteiger partial charge in [-0.3, -0.25) is 4.79 Å². The number of nitrogens with one attached hydrogen (secondary N) is 1. The number of amides is 1. The lowest BCUT2D eigenvalue weighted by atomic mass is 9.98. The van der Waals surface area contributed by atoms with E-state index in [1.54, 1.807) is 31.4 Å². The molecule has 154 valence electrons. The smallest absolute Gasteiger partial charge is 0.344 e. The van der Waals surface area contributed by atoms with Crippen LogP contribution in [0, 0.1) is 6.92 Å². The Kier molecular flexibility index (Phi) is 7.11. The van der Waals surface area contributed by atoms with Crippen LogP contribution in [0.15, 0.2) is 42.5 Å². The molecule has 0 heterocycles. The second kappa shape index (κ2) is 9.96. The van der Waals surface area contributed by atoms with Crippen molar-refractivity contribution in [2.75, 3.05) is 19.0 Å². The molecule has 2 aromatic carbocycles. The first kappa shape index (κ1) is 20.7. The molecule has 1 amide bonds. The maximum atomic E-state index is 12.5. The van der Waals surface area contributed by atoms with E-state index < -0.39 is 0 Å². The van der Waals surface area contributed by atoms with Gasteiger partial charge < -0.3 is 19.5 Å². The average molecular weight is 397 g/mol. The number of hydrogen-bond acceptors (Lipinski definition) is 5. The van der Waals surface area contributed by atoms with Crippen molar-refractivity contribution in [3.8, 4) is 11.5 Å². The van der Waals surface area contributed by atoms with Crippen molar-refractivity contribution >= 4 is 17.6 Å². The largest absolute Gasteiger partial charge is 0.495 e. The minimum atomic E-state index is -0.356. The number of methoxy groups -OCH3 is 1. The minimum absolute atomic E-state index is 0.0181. The van der Waals surface area contributed by atoms with Gasteiger partial charge in [0.2, 0.25) is 0 Å². The lowest BCUT2D eigenvalue weighted by Gasteiger charge is -2.21. The molecule has 0 unspecified atom stereocenters. The number of rotatable bonds is 7. The third-order valence-electron chi connectivity index (χ3n) is 4.93. The number of anilines is 1. The van der Waals surface area contributed by atoms with Crippen molar-refractivity contribution in [3.63, 3.8) is 0 Å². The summed E-state index contributed by atoms with van der Waals surface area (Å²) in [6.07, 6.45) is 5.31. The van der Waals surface area contributed by atoms with Gasteiger partial charge in [-0.1, -0.05) is 12.5 Å². The lowest BCUT2D eigenvalue weighted by Crippen LogP contribution is -2.24. The van der Waals surface area contributed by atoms with Crippen molar-refractivity contribution < 1.29 is 23.8 Å². The third-order valence-corrected chi connectivity index (χ3v) is 4.93. The fourth-order valence-corrected chi connectivity index (χ4v) is 3.36. The maximum Gasteiger partial charge on any atom is 0.344 e. The zero-order valence-electron chi connectivity index (χ0n) is 16.9. The van der Waals surface area contributed by atoms with E-state index in [9.17, 15) is 9.59 Å². The van der Waals surface area contributed by atoms with E-state index in [1.165, 1.54) is 6.42 Å². The van der Waals surface area contributed by atoms with Gasteiger partial charge in [0.1, 0.15) is 17.6 Å². The number of carbonyl (C=O) groups excluding carboxylic acids is 2. The quantitative estimate of drug-likeness (QED) is 0.696. The fourth-order valence-electron chi connectivity index (χ4n) is 3.36. The SMILES string of the molecule is COc1ccc(C)cc1NC(=O)c1ccc(OCC(=O)OC2CCCCC2)cc1. The van der Waals surface area contributed by atoms with Crippen LogP contribution in [0.3, 0.4) is 0 Å². The van der Waals surface area contributed by atoms with Gasteiger partial charge in [-0.2, -0.15) is 0 Å². The molecule has 3 rings (SSSR count). The molecule has 29 heavy (non-hydrogen) atoms. The van der Waals surface area contributed by atoms with E-state index in [2.05, 4.69) is 5.32 Å². The Morgan fingerprint density at radius 3 is 2.45 bits per heavy atom. The minimum Gasteiger partial charge on any atom is -0.495 e. The van der Waals surface area contributed by atoms with E-state index in [0.29, 0.717) is 22.7 Å². The number of hydrogen-bond donors (Lipinski definition) is 1. The standard InChI is InChI=1S/C23H27NO5/c1-16-8-13-21(27-2)20(14-16)24-23(26)17-9-11-18(12-10-17)28-15-22(25)29-19-6-4-3-5-7-19/h8-14,19H,3-7,15H2,1-2H3,(H,24,26). The molecule has 0 aromatic heterocycles. The summed E-state index contributed by atoms with van der Waals surface area (Å²) in [5, 5.41) is 2.85. The van der Waals surface area contributed by atoms with E-state index in [0.717, 1.165) is 31.2 Å². The summed E-state index contributed by atoms with van der Waals surface area (Å²) in [4.78, 5) is 24.4. The van der Waals surface area contributed by atoms with Gasteiger partial charge in [-0.15, -0.1) is 0 Å². The number of benzene rings is 2. The Balaban J connectivity index is 1.52. The molecule has 1 saturated carbocycles. The molecule has 0 saturated heterocycles. The summed E-state index contributed by atoms with van der Waals surface area (Å²) in [5.74, 6) is 0.498. The van der Waals surface area contributed by atoms with Crippen LogP contribution in [0.25, 0.3) is 0 Å². The van der Waals surface area contributed by atoms with Gasteiger partial charge in [0.05, 0.1) is 12.8 Å². The molecule has 0 atom stereocenters. The highest BCUT2D eigenvalue weighted by molar-refractivity contribution is 6.05. The van der Waals surface area contributed by atoms with Crippen LogP contribution in [0.5, 0.6) is 11.5 Å². The first-order valence-electron chi connectivity index (χ1n) is 9.93. The molecule has 6 nitrogen and oxygen atoms in total. The van der Waals surface area contributed by atoms with Crippen molar-refractivity contribution in [1.82, 2.24) is 0 Å². The molecular weight excluding hydrogens is 370 g/mol. The number of esters is 1. The summed E-state index contributed by atoms with van der Waals surface area (Å²) in [7, 11) is 1.56. The Bertz CT molecular complexity index is 841. The first-order valence-corrected chi connectivity index (χ1v) is 9.93. The van der Waals surface area contributed by atoms with Gasteiger partial charge in [-0.05, 0) is 74.6 Å². The van der Waals surface area contributed by atoms with Gasteiger partial charge in [0.25, 0.3) is 5.91 Å². The second-order valence-electron chi connectivity index (χ2n) is 7.22. The van der Waals surface area contributed by atoms with Crippen LogP contribution < -0.4 is 14.8 Å². The molecule has 6 heteroatoms. The molecule has 0 spiro atoms. The van der Waals surface area contributed by atoms with Gasteiger partial charge >= 0.3 is 5.97 Å². The van der Waals surface area contributed by atoms with Crippen LogP contribution in [0.4, 0.5) is 5.69 Å². The molecule has 1 aliphatic carbocycles. The zero-order valence-corrected chi connectivity index (χ0v) is 16.9. The third kappa shape index (κ3) is 5.98. The molecule has 2 aromatic rings. The molecule has 0 radical (unpaired) electrons. The molecule has 1 aliphatic rings. The van der Waals surface area contributed by atoms with E-state index in [1.807, 2.05) is 25.1 Å². The summed E-state index contributed by atoms with van der Waals surface area (Å²) in [5.41, 5.74) is 2.11. The number of aryl methyl sites for hydroxylation is 1. The molecule has 0 bridgehead atoms. The van der Waals surface area contributed by atoms with Gasteiger partial charge in [0.15, 0.2) is 6.61 Å². The van der Waals surface area contributed by atoms with Crippen molar-refractivity contribution in [2.24, 2.45) is 0 Å². The van der Waals surface area contributed by atoms with E-state index in [-0.39, 0.29) is 24.6 Å². The van der Waals surface area contributed by atoms with Crippen LogP contribution >= 0.6 is 0 Å². The van der Waals surface area contributed by atoms with Crippen molar-refractivity contribution in [3.05, 3.63) is 53.6 Å². The normalized spacial score (nSPS) is 14.1. The Hall–Kier alpha value is -3.02. The van der Waals surface area contributed by atoms with Crippen molar-refractivity contribution in [1.29, 1.82) is 0 Å². The van der Waals surface area contributed by atoms with Crippen LogP contribution in [-0.4, -0.2) is 31.7 Å². The van der Waals surface area contributed by atoms with Gasteiger partial charge in [0, 0.05) is 5.56 Å². The van der Waals surface area contributed by atoms with Crippen LogP contribution in [-0.2, 0) is 9.53 Å². The fraction of sp³-hybridized carbons (Fsp3) is 0.391. The highest BCUT2D eigenvalue weighted by Gasteiger charge is 2.18.